The predicted octanol–water partition coefficient (Wildman–Crippen LogP) is 1.09. The Bertz CT molecular complexity index is 1070. The molecule has 1 amide bonds. The number of H-pyrrole nitrogens is 2. The van der Waals surface area contributed by atoms with Crippen LogP contribution >= 0.6 is 0 Å². The number of benzene rings is 1. The lowest BCUT2D eigenvalue weighted by Gasteiger charge is -2.09. The highest BCUT2D eigenvalue weighted by Crippen LogP contribution is 2.12. The molecule has 0 saturated carbocycles. The number of hydrogen-bond donors (Lipinski definition) is 3. The van der Waals surface area contributed by atoms with Crippen LogP contribution in [0.3, 0.4) is 0 Å². The number of nitrogens with zero attached hydrogens (tertiary/aromatic N) is 1. The molecule has 3 aromatic rings. The van der Waals surface area contributed by atoms with Gasteiger partial charge in [-0.3, -0.25) is 14.4 Å². The van der Waals surface area contributed by atoms with Crippen molar-refractivity contribution in [2.75, 3.05) is 0 Å². The fourth-order valence-electron chi connectivity index (χ4n) is 2.81. The Morgan fingerprint density at radius 3 is 2.56 bits per heavy atom. The topological polar surface area (TPSA) is 108 Å². The van der Waals surface area contributed by atoms with Crippen LogP contribution in [0.1, 0.15) is 22.5 Å². The second-order valence-electron chi connectivity index (χ2n) is 5.94. The maximum absolute atomic E-state index is 12.2. The van der Waals surface area contributed by atoms with Crippen LogP contribution in [-0.2, 0) is 17.8 Å². The Balaban J connectivity index is 1.77. The molecule has 0 aliphatic heterocycles. The summed E-state index contributed by atoms with van der Waals surface area (Å²) in [6.45, 7) is 3.78. The third-order valence-electron chi connectivity index (χ3n) is 4.06. The standard InChI is InChI=1S/C18H18N4O3/c1-10-7-11(2)20-17(24)14(10)9-19-16(23)8-15-12-5-3-4-6-13(12)18(25)22-21-15/h3-7H,8-9H2,1-2H3,(H,19,23)(H,20,24)(H,22,25). The summed E-state index contributed by atoms with van der Waals surface area (Å²) < 4.78 is 0. The number of pyridine rings is 1. The fraction of sp³-hybridized carbons (Fsp3) is 0.222. The maximum Gasteiger partial charge on any atom is 0.272 e. The Morgan fingerprint density at radius 1 is 1.12 bits per heavy atom. The van der Waals surface area contributed by atoms with Crippen molar-refractivity contribution in [1.29, 1.82) is 0 Å². The van der Waals surface area contributed by atoms with E-state index in [0.717, 1.165) is 11.3 Å². The number of aryl methyl sites for hydroxylation is 2. The van der Waals surface area contributed by atoms with E-state index in [1.54, 1.807) is 24.3 Å². The average molecular weight is 338 g/mol. The third-order valence-corrected chi connectivity index (χ3v) is 4.06. The summed E-state index contributed by atoms with van der Waals surface area (Å²) in [7, 11) is 0. The zero-order valence-electron chi connectivity index (χ0n) is 14.0. The van der Waals surface area contributed by atoms with Crippen molar-refractivity contribution in [2.24, 2.45) is 0 Å². The molecule has 0 spiro atoms. The molecular weight excluding hydrogens is 320 g/mol. The number of aromatic amines is 2. The van der Waals surface area contributed by atoms with Crippen LogP contribution in [0.25, 0.3) is 10.8 Å². The highest BCUT2D eigenvalue weighted by molar-refractivity contribution is 5.88. The van der Waals surface area contributed by atoms with Gasteiger partial charge in [0.15, 0.2) is 0 Å². The quantitative estimate of drug-likeness (QED) is 0.662. The number of fused-ring (bicyclic) bond motifs is 1. The molecule has 0 saturated heterocycles. The minimum atomic E-state index is -0.290. The van der Waals surface area contributed by atoms with Crippen LogP contribution in [0.2, 0.25) is 0 Å². The lowest BCUT2D eigenvalue weighted by molar-refractivity contribution is -0.120. The van der Waals surface area contributed by atoms with Gasteiger partial charge in [0, 0.05) is 23.2 Å². The van der Waals surface area contributed by atoms with Gasteiger partial charge in [-0.1, -0.05) is 18.2 Å². The van der Waals surface area contributed by atoms with Crippen molar-refractivity contribution in [1.82, 2.24) is 20.5 Å². The lowest BCUT2D eigenvalue weighted by Crippen LogP contribution is -2.29. The molecule has 0 aliphatic rings. The summed E-state index contributed by atoms with van der Waals surface area (Å²) >= 11 is 0. The number of aromatic nitrogens is 3. The molecule has 2 aromatic heterocycles. The van der Waals surface area contributed by atoms with Crippen molar-refractivity contribution in [3.05, 3.63) is 73.6 Å². The van der Waals surface area contributed by atoms with E-state index in [9.17, 15) is 14.4 Å². The first kappa shape index (κ1) is 16.6. The normalized spacial score (nSPS) is 10.8. The first-order valence-corrected chi connectivity index (χ1v) is 7.88. The van der Waals surface area contributed by atoms with E-state index in [2.05, 4.69) is 20.5 Å². The highest BCUT2D eigenvalue weighted by Gasteiger charge is 2.12. The smallest absolute Gasteiger partial charge is 0.272 e. The molecule has 0 atom stereocenters. The van der Waals surface area contributed by atoms with E-state index in [-0.39, 0.29) is 30.0 Å². The van der Waals surface area contributed by atoms with Crippen LogP contribution in [0.5, 0.6) is 0 Å². The molecule has 1 aromatic carbocycles. The van der Waals surface area contributed by atoms with E-state index in [1.165, 1.54) is 0 Å². The van der Waals surface area contributed by atoms with Gasteiger partial charge in [-0.05, 0) is 31.5 Å². The van der Waals surface area contributed by atoms with Crippen molar-refractivity contribution < 1.29 is 4.79 Å². The van der Waals surface area contributed by atoms with E-state index < -0.39 is 0 Å². The Hall–Kier alpha value is -3.22. The van der Waals surface area contributed by atoms with Crippen molar-refractivity contribution in [2.45, 2.75) is 26.8 Å². The van der Waals surface area contributed by atoms with E-state index >= 15 is 0 Å². The van der Waals surface area contributed by atoms with Crippen molar-refractivity contribution in [3.8, 4) is 0 Å². The van der Waals surface area contributed by atoms with Gasteiger partial charge >= 0.3 is 0 Å². The monoisotopic (exact) mass is 338 g/mol. The molecule has 25 heavy (non-hydrogen) atoms. The molecule has 128 valence electrons. The van der Waals surface area contributed by atoms with Crippen LogP contribution in [0.15, 0.2) is 39.9 Å². The van der Waals surface area contributed by atoms with E-state index in [0.29, 0.717) is 22.0 Å². The molecule has 3 N–H and O–H groups in total. The van der Waals surface area contributed by atoms with Crippen molar-refractivity contribution in [3.63, 3.8) is 0 Å². The number of hydrogen-bond acceptors (Lipinski definition) is 4. The first-order chi connectivity index (χ1) is 12.0. The van der Waals surface area contributed by atoms with Gasteiger partial charge in [-0.15, -0.1) is 0 Å². The van der Waals surface area contributed by atoms with Crippen LogP contribution in [-0.4, -0.2) is 21.1 Å². The molecule has 0 radical (unpaired) electrons. The maximum atomic E-state index is 12.2. The predicted molar refractivity (Wildman–Crippen MR) is 94.5 cm³/mol. The third kappa shape index (κ3) is 3.50. The minimum Gasteiger partial charge on any atom is -0.351 e. The number of nitrogens with one attached hydrogen (secondary N) is 3. The van der Waals surface area contributed by atoms with E-state index in [4.69, 9.17) is 0 Å². The van der Waals surface area contributed by atoms with Gasteiger partial charge in [-0.2, -0.15) is 5.10 Å². The lowest BCUT2D eigenvalue weighted by atomic mass is 10.1. The van der Waals surface area contributed by atoms with Crippen molar-refractivity contribution >= 4 is 16.7 Å². The molecule has 0 bridgehead atoms. The minimum absolute atomic E-state index is 0.0140. The van der Waals surface area contributed by atoms with Gasteiger partial charge in [0.05, 0.1) is 17.5 Å². The van der Waals surface area contributed by atoms with Gasteiger partial charge in [0.1, 0.15) is 0 Å². The number of rotatable bonds is 4. The van der Waals surface area contributed by atoms with Gasteiger partial charge in [0.2, 0.25) is 5.91 Å². The Morgan fingerprint density at radius 2 is 1.84 bits per heavy atom. The average Bonchev–Trinajstić information content (AvgIpc) is 2.57. The highest BCUT2D eigenvalue weighted by atomic mass is 16.2. The van der Waals surface area contributed by atoms with E-state index in [1.807, 2.05) is 19.9 Å². The second-order valence-corrected chi connectivity index (χ2v) is 5.94. The molecule has 3 rings (SSSR count). The van der Waals surface area contributed by atoms with Crippen LogP contribution in [0, 0.1) is 13.8 Å². The summed E-state index contributed by atoms with van der Waals surface area (Å²) in [5, 5.41) is 10.3. The molecule has 7 nitrogen and oxygen atoms in total. The second kappa shape index (κ2) is 6.72. The summed E-state index contributed by atoms with van der Waals surface area (Å²) in [5.74, 6) is -0.274. The Labute approximate surface area is 143 Å². The van der Waals surface area contributed by atoms with Crippen LogP contribution in [0.4, 0.5) is 0 Å². The Kier molecular flexibility index (Phi) is 4.47. The molecular formula is C18H18N4O3. The summed E-state index contributed by atoms with van der Waals surface area (Å²) in [5.41, 5.74) is 2.13. The molecule has 0 aliphatic carbocycles. The summed E-state index contributed by atoms with van der Waals surface area (Å²) in [6.07, 6.45) is 0.0140. The molecule has 0 fully saturated rings. The fourth-order valence-corrected chi connectivity index (χ4v) is 2.81. The first-order valence-electron chi connectivity index (χ1n) is 7.88. The molecule has 0 unspecified atom stereocenters. The van der Waals surface area contributed by atoms with Gasteiger partial charge in [0.25, 0.3) is 11.1 Å². The molecule has 7 heteroatoms. The van der Waals surface area contributed by atoms with Crippen LogP contribution < -0.4 is 16.4 Å². The number of carbonyl (C=O) groups excluding carboxylic acids is 1. The summed E-state index contributed by atoms with van der Waals surface area (Å²) in [6, 6.07) is 8.86. The largest absolute Gasteiger partial charge is 0.351 e. The van der Waals surface area contributed by atoms with Gasteiger partial charge in [-0.25, -0.2) is 5.10 Å². The zero-order valence-corrected chi connectivity index (χ0v) is 14.0. The number of carbonyl (C=O) groups is 1. The molecule has 2 heterocycles. The zero-order chi connectivity index (χ0) is 18.0. The van der Waals surface area contributed by atoms with Gasteiger partial charge < -0.3 is 10.3 Å². The number of amides is 1. The summed E-state index contributed by atoms with van der Waals surface area (Å²) in [4.78, 5) is 38.7. The SMILES string of the molecule is Cc1cc(C)c(CNC(=O)Cc2n[nH]c(=O)c3ccccc23)c(=O)[nH]1.